The van der Waals surface area contributed by atoms with E-state index in [0.717, 1.165) is 10.6 Å². The number of nitrogens with one attached hydrogen (secondary N) is 2. The summed E-state index contributed by atoms with van der Waals surface area (Å²) in [5, 5.41) is 2.94. The second kappa shape index (κ2) is 9.12. The van der Waals surface area contributed by atoms with Gasteiger partial charge in [-0.1, -0.05) is 11.6 Å². The molecule has 2 N–H and O–H groups in total. The van der Waals surface area contributed by atoms with E-state index in [4.69, 9.17) is 16.3 Å². The molecule has 1 aliphatic rings. The fourth-order valence-electron chi connectivity index (χ4n) is 3.25. The third kappa shape index (κ3) is 5.24. The van der Waals surface area contributed by atoms with Crippen molar-refractivity contribution in [1.82, 2.24) is 4.98 Å². The van der Waals surface area contributed by atoms with Crippen molar-refractivity contribution < 1.29 is 26.4 Å². The van der Waals surface area contributed by atoms with Crippen molar-refractivity contribution in [2.75, 3.05) is 27.1 Å². The smallest absolute Gasteiger partial charge is 0.267 e. The van der Waals surface area contributed by atoms with Crippen LogP contribution in [0.2, 0.25) is 5.02 Å². The molecule has 1 aromatic heterocycles. The summed E-state index contributed by atoms with van der Waals surface area (Å²) in [6, 6.07) is 13.1. The van der Waals surface area contributed by atoms with Gasteiger partial charge in [-0.2, -0.15) is 0 Å². The molecule has 1 atom stereocenters. The van der Waals surface area contributed by atoms with Gasteiger partial charge in [0.15, 0.2) is 6.10 Å². The van der Waals surface area contributed by atoms with Crippen LogP contribution in [0.15, 0.2) is 71.9 Å². The summed E-state index contributed by atoms with van der Waals surface area (Å²) in [5.41, 5.74) is 0.864. The van der Waals surface area contributed by atoms with Gasteiger partial charge in [-0.15, -0.1) is 0 Å². The lowest BCUT2D eigenvalue weighted by molar-refractivity contribution is -0.122. The lowest BCUT2D eigenvalue weighted by Crippen LogP contribution is -2.48. The Hall–Kier alpha value is -3.35. The number of anilines is 3. The van der Waals surface area contributed by atoms with E-state index in [-0.39, 0.29) is 22.9 Å². The number of ether oxygens (including phenoxy) is 1. The van der Waals surface area contributed by atoms with E-state index >= 15 is 0 Å². The molecule has 0 unspecified atom stereocenters. The molecular formula is C21H19ClN4O6S2. The van der Waals surface area contributed by atoms with Gasteiger partial charge in [0, 0.05) is 16.9 Å². The summed E-state index contributed by atoms with van der Waals surface area (Å²) in [5.74, 6) is -0.400. The third-order valence-electron chi connectivity index (χ3n) is 4.83. The molecule has 0 saturated carbocycles. The van der Waals surface area contributed by atoms with Crippen molar-refractivity contribution in [1.29, 1.82) is 0 Å². The molecule has 13 heteroatoms. The minimum Gasteiger partial charge on any atom is -0.476 e. The third-order valence-corrected chi connectivity index (χ3v) is 7.61. The number of nitrogens with zero attached hydrogens (tertiary/aromatic N) is 2. The maximum absolute atomic E-state index is 12.8. The summed E-state index contributed by atoms with van der Waals surface area (Å²) in [4.78, 5) is 16.7. The maximum Gasteiger partial charge on any atom is 0.267 e. The molecule has 34 heavy (non-hydrogen) atoms. The highest BCUT2D eigenvalue weighted by Crippen LogP contribution is 2.37. The minimum absolute atomic E-state index is 0.0164. The van der Waals surface area contributed by atoms with Crippen LogP contribution in [-0.2, 0) is 24.8 Å². The van der Waals surface area contributed by atoms with E-state index < -0.39 is 32.1 Å². The van der Waals surface area contributed by atoms with Gasteiger partial charge in [-0.05, 0) is 54.6 Å². The molecular weight excluding hydrogens is 504 g/mol. The van der Waals surface area contributed by atoms with Crippen molar-refractivity contribution >= 4 is 54.6 Å². The predicted octanol–water partition coefficient (Wildman–Crippen LogP) is 2.70. The summed E-state index contributed by atoms with van der Waals surface area (Å²) in [6.45, 7) is -0.250. The van der Waals surface area contributed by atoms with Crippen LogP contribution in [0.5, 0.6) is 5.75 Å². The number of carbonyl (C=O) groups excluding carboxylic acids is 1. The van der Waals surface area contributed by atoms with Gasteiger partial charge in [0.25, 0.3) is 15.9 Å². The number of halogens is 1. The van der Waals surface area contributed by atoms with Crippen LogP contribution in [-0.4, -0.2) is 46.6 Å². The number of benzene rings is 2. The van der Waals surface area contributed by atoms with Crippen molar-refractivity contribution in [2.24, 2.45) is 0 Å². The summed E-state index contributed by atoms with van der Waals surface area (Å²) < 4.78 is 58.8. The minimum atomic E-state index is -3.85. The second-order valence-electron chi connectivity index (χ2n) is 7.37. The molecule has 0 spiro atoms. The van der Waals surface area contributed by atoms with Crippen molar-refractivity contribution in [3.05, 3.63) is 72.0 Å². The van der Waals surface area contributed by atoms with Crippen LogP contribution in [0.3, 0.4) is 0 Å². The van der Waals surface area contributed by atoms with E-state index in [2.05, 4.69) is 15.0 Å². The zero-order valence-corrected chi connectivity index (χ0v) is 20.1. The molecule has 0 aliphatic carbocycles. The molecule has 4 rings (SSSR count). The highest BCUT2D eigenvalue weighted by Gasteiger charge is 2.35. The normalized spacial score (nSPS) is 15.7. The fourth-order valence-corrected chi connectivity index (χ4v) is 5.37. The molecule has 0 bridgehead atoms. The number of hydrogen-bond donors (Lipinski definition) is 2. The fraction of sp³-hybridized carbons (Fsp3) is 0.143. The monoisotopic (exact) mass is 522 g/mol. The zero-order chi connectivity index (χ0) is 24.5. The quantitative estimate of drug-likeness (QED) is 0.508. The molecule has 0 fully saturated rings. The van der Waals surface area contributed by atoms with Crippen LogP contribution >= 0.6 is 11.6 Å². The van der Waals surface area contributed by atoms with E-state index in [0.29, 0.717) is 16.4 Å². The van der Waals surface area contributed by atoms with Crippen LogP contribution in [0.25, 0.3) is 0 Å². The Labute approximate surface area is 201 Å². The molecule has 1 amide bonds. The summed E-state index contributed by atoms with van der Waals surface area (Å²) >= 11 is 5.98. The first kappa shape index (κ1) is 23.8. The van der Waals surface area contributed by atoms with Crippen molar-refractivity contribution in [3.63, 3.8) is 0 Å². The number of fused-ring (bicyclic) bond motifs is 1. The number of pyridine rings is 1. The number of amides is 1. The van der Waals surface area contributed by atoms with E-state index in [1.165, 1.54) is 54.9 Å². The molecule has 1 aliphatic heterocycles. The summed E-state index contributed by atoms with van der Waals surface area (Å²) in [7, 11) is -7.56. The number of hydrogen-bond acceptors (Lipinski definition) is 7. The van der Waals surface area contributed by atoms with Gasteiger partial charge in [0.05, 0.1) is 35.3 Å². The molecule has 0 radical (unpaired) electrons. The highest BCUT2D eigenvalue weighted by atomic mass is 35.5. The van der Waals surface area contributed by atoms with Crippen LogP contribution in [0.4, 0.5) is 17.1 Å². The van der Waals surface area contributed by atoms with E-state index in [9.17, 15) is 21.6 Å². The Morgan fingerprint density at radius 2 is 1.82 bits per heavy atom. The molecule has 178 valence electrons. The zero-order valence-electron chi connectivity index (χ0n) is 17.7. The topological polar surface area (TPSA) is 135 Å². The Kier molecular flexibility index (Phi) is 6.39. The summed E-state index contributed by atoms with van der Waals surface area (Å²) in [6.07, 6.45) is 2.78. The van der Waals surface area contributed by atoms with Gasteiger partial charge in [0.2, 0.25) is 10.0 Å². The van der Waals surface area contributed by atoms with Crippen molar-refractivity contribution in [2.45, 2.75) is 11.0 Å². The number of sulfonamides is 2. The first-order valence-corrected chi connectivity index (χ1v) is 13.5. The second-order valence-corrected chi connectivity index (χ2v) is 11.4. The SMILES string of the molecule is CS(=O)(=O)N1C[C@H](C(=O)Nc2ccc(S(=O)(=O)Nc3cccnc3)cc2)Oc2ccc(Cl)cc21. The Balaban J connectivity index is 1.49. The number of aromatic nitrogens is 1. The first-order valence-electron chi connectivity index (χ1n) is 9.81. The maximum atomic E-state index is 12.8. The van der Waals surface area contributed by atoms with Gasteiger partial charge < -0.3 is 10.1 Å². The predicted molar refractivity (Wildman–Crippen MR) is 128 cm³/mol. The van der Waals surface area contributed by atoms with E-state index in [1.54, 1.807) is 12.1 Å². The molecule has 3 aromatic rings. The number of rotatable bonds is 6. The highest BCUT2D eigenvalue weighted by molar-refractivity contribution is 7.92. The Morgan fingerprint density at radius 3 is 2.47 bits per heavy atom. The Morgan fingerprint density at radius 1 is 1.09 bits per heavy atom. The van der Waals surface area contributed by atoms with Gasteiger partial charge in [0.1, 0.15) is 5.75 Å². The lowest BCUT2D eigenvalue weighted by atomic mass is 10.2. The van der Waals surface area contributed by atoms with E-state index in [1.807, 2.05) is 0 Å². The molecule has 2 aromatic carbocycles. The molecule has 0 saturated heterocycles. The Bertz CT molecular complexity index is 1430. The molecule has 2 heterocycles. The van der Waals surface area contributed by atoms with Gasteiger partial charge >= 0.3 is 0 Å². The van der Waals surface area contributed by atoms with Gasteiger partial charge in [-0.25, -0.2) is 16.8 Å². The molecule has 10 nitrogen and oxygen atoms in total. The van der Waals surface area contributed by atoms with Gasteiger partial charge in [-0.3, -0.25) is 18.8 Å². The number of carbonyl (C=O) groups is 1. The largest absolute Gasteiger partial charge is 0.476 e. The average Bonchev–Trinajstić information content (AvgIpc) is 2.78. The van der Waals surface area contributed by atoms with Crippen LogP contribution in [0, 0.1) is 0 Å². The standard InChI is InChI=1S/C21H19ClN4O6S2/c1-33(28,29)26-13-20(32-19-9-4-14(22)11-18(19)26)21(27)24-15-5-7-17(8-6-15)34(30,31)25-16-3-2-10-23-12-16/h2-12,20,25H,13H2,1H3,(H,24,27)/t20-/m1/s1. The van der Waals surface area contributed by atoms with Crippen LogP contribution < -0.4 is 19.1 Å². The average molecular weight is 523 g/mol. The first-order chi connectivity index (χ1) is 16.0. The van der Waals surface area contributed by atoms with Crippen molar-refractivity contribution in [3.8, 4) is 5.75 Å². The van der Waals surface area contributed by atoms with Crippen LogP contribution in [0.1, 0.15) is 0 Å². The lowest BCUT2D eigenvalue weighted by Gasteiger charge is -2.34.